The van der Waals surface area contributed by atoms with Crippen molar-refractivity contribution in [3.8, 4) is 0 Å². The number of benzene rings is 1. The van der Waals surface area contributed by atoms with Crippen LogP contribution in [0.2, 0.25) is 0 Å². The van der Waals surface area contributed by atoms with Crippen molar-refractivity contribution < 1.29 is 13.2 Å². The SMILES string of the molecule is CCCNC(CC(F)(F)F)c1ccc2nc(C)ccc2c1. The van der Waals surface area contributed by atoms with Gasteiger partial charge in [-0.2, -0.15) is 13.2 Å². The number of nitrogens with zero attached hydrogens (tertiary/aromatic N) is 1. The van der Waals surface area contributed by atoms with E-state index < -0.39 is 18.6 Å². The third kappa shape index (κ3) is 4.43. The van der Waals surface area contributed by atoms with E-state index >= 15 is 0 Å². The number of alkyl halides is 3. The molecule has 0 aliphatic rings. The summed E-state index contributed by atoms with van der Waals surface area (Å²) < 4.78 is 38.2. The molecule has 0 amide bonds. The summed E-state index contributed by atoms with van der Waals surface area (Å²) in [4.78, 5) is 4.37. The minimum atomic E-state index is -4.19. The van der Waals surface area contributed by atoms with Gasteiger partial charge in [0.05, 0.1) is 11.9 Å². The Bertz CT molecular complexity index is 608. The first kappa shape index (κ1) is 15.8. The van der Waals surface area contributed by atoms with Crippen LogP contribution in [0.3, 0.4) is 0 Å². The number of hydrogen-bond donors (Lipinski definition) is 1. The number of nitrogens with one attached hydrogen (secondary N) is 1. The molecule has 0 bridgehead atoms. The van der Waals surface area contributed by atoms with Crippen molar-refractivity contribution in [2.45, 2.75) is 38.9 Å². The molecule has 2 rings (SSSR count). The van der Waals surface area contributed by atoms with Gasteiger partial charge in [0.15, 0.2) is 0 Å². The lowest BCUT2D eigenvalue weighted by Crippen LogP contribution is -2.27. The summed E-state index contributed by atoms with van der Waals surface area (Å²) in [6.45, 7) is 4.39. The maximum atomic E-state index is 12.7. The van der Waals surface area contributed by atoms with Crippen molar-refractivity contribution in [3.05, 3.63) is 41.6 Å². The highest BCUT2D eigenvalue weighted by Crippen LogP contribution is 2.30. The standard InChI is InChI=1S/C16H19F3N2/c1-3-8-20-15(10-16(17,18)19)13-6-7-14-12(9-13)5-4-11(2)21-14/h4-7,9,15,20H,3,8,10H2,1-2H3. The second-order valence-electron chi connectivity index (χ2n) is 5.23. The Hall–Kier alpha value is -1.62. The summed E-state index contributed by atoms with van der Waals surface area (Å²) in [5, 5.41) is 3.84. The average Bonchev–Trinajstić information content (AvgIpc) is 2.41. The topological polar surface area (TPSA) is 24.9 Å². The van der Waals surface area contributed by atoms with Crippen LogP contribution >= 0.6 is 0 Å². The monoisotopic (exact) mass is 296 g/mol. The van der Waals surface area contributed by atoms with Crippen molar-refractivity contribution in [2.24, 2.45) is 0 Å². The van der Waals surface area contributed by atoms with Crippen LogP contribution in [0.25, 0.3) is 10.9 Å². The molecule has 1 N–H and O–H groups in total. The fraction of sp³-hybridized carbons (Fsp3) is 0.438. The van der Waals surface area contributed by atoms with E-state index in [0.717, 1.165) is 23.0 Å². The maximum absolute atomic E-state index is 12.7. The van der Waals surface area contributed by atoms with Gasteiger partial charge in [0.25, 0.3) is 0 Å². The zero-order valence-corrected chi connectivity index (χ0v) is 12.2. The van der Waals surface area contributed by atoms with E-state index in [1.54, 1.807) is 18.2 Å². The van der Waals surface area contributed by atoms with E-state index in [-0.39, 0.29) is 0 Å². The molecule has 0 aliphatic heterocycles. The molecule has 1 aromatic carbocycles. The van der Waals surface area contributed by atoms with Gasteiger partial charge >= 0.3 is 6.18 Å². The fourth-order valence-corrected chi connectivity index (χ4v) is 2.32. The zero-order chi connectivity index (χ0) is 15.5. The van der Waals surface area contributed by atoms with Crippen molar-refractivity contribution >= 4 is 10.9 Å². The molecule has 0 radical (unpaired) electrons. The Labute approximate surface area is 122 Å². The molecule has 0 saturated carbocycles. The average molecular weight is 296 g/mol. The summed E-state index contributed by atoms with van der Waals surface area (Å²) in [6.07, 6.45) is -4.26. The van der Waals surface area contributed by atoms with Crippen molar-refractivity contribution in [1.29, 1.82) is 0 Å². The van der Waals surface area contributed by atoms with Gasteiger partial charge < -0.3 is 5.32 Å². The summed E-state index contributed by atoms with van der Waals surface area (Å²) >= 11 is 0. The molecule has 0 spiro atoms. The number of rotatable bonds is 5. The van der Waals surface area contributed by atoms with E-state index in [1.807, 2.05) is 26.0 Å². The Morgan fingerprint density at radius 3 is 2.62 bits per heavy atom. The molecule has 0 saturated heterocycles. The van der Waals surface area contributed by atoms with Crippen molar-refractivity contribution in [3.63, 3.8) is 0 Å². The van der Waals surface area contributed by atoms with Crippen LogP contribution in [0.4, 0.5) is 13.2 Å². The number of aromatic nitrogens is 1. The van der Waals surface area contributed by atoms with Crippen LogP contribution < -0.4 is 5.32 Å². The van der Waals surface area contributed by atoms with Crippen molar-refractivity contribution in [2.75, 3.05) is 6.54 Å². The predicted octanol–water partition coefficient (Wildman–Crippen LogP) is 4.54. The Morgan fingerprint density at radius 2 is 1.95 bits per heavy atom. The quantitative estimate of drug-likeness (QED) is 0.876. The van der Waals surface area contributed by atoms with Crippen LogP contribution in [0.1, 0.15) is 37.1 Å². The molecule has 0 fully saturated rings. The molecule has 1 aromatic heterocycles. The first-order chi connectivity index (χ1) is 9.89. The van der Waals surface area contributed by atoms with E-state index in [1.165, 1.54) is 0 Å². The third-order valence-corrected chi connectivity index (χ3v) is 3.33. The van der Waals surface area contributed by atoms with Gasteiger partial charge in [-0.15, -0.1) is 0 Å². The first-order valence-electron chi connectivity index (χ1n) is 7.06. The highest BCUT2D eigenvalue weighted by Gasteiger charge is 2.32. The highest BCUT2D eigenvalue weighted by atomic mass is 19.4. The second kappa shape index (κ2) is 6.43. The number of aryl methyl sites for hydroxylation is 1. The first-order valence-corrected chi connectivity index (χ1v) is 7.06. The minimum absolute atomic E-state index is 0.560. The fourth-order valence-electron chi connectivity index (χ4n) is 2.32. The molecule has 21 heavy (non-hydrogen) atoms. The minimum Gasteiger partial charge on any atom is -0.310 e. The number of pyridine rings is 1. The Kier molecular flexibility index (Phi) is 4.83. The van der Waals surface area contributed by atoms with Crippen LogP contribution in [-0.4, -0.2) is 17.7 Å². The molecule has 2 aromatic rings. The van der Waals surface area contributed by atoms with Crippen molar-refractivity contribution in [1.82, 2.24) is 10.3 Å². The van der Waals surface area contributed by atoms with Gasteiger partial charge in [-0.25, -0.2) is 0 Å². The Morgan fingerprint density at radius 1 is 1.19 bits per heavy atom. The van der Waals surface area contributed by atoms with Crippen LogP contribution in [0.15, 0.2) is 30.3 Å². The van der Waals surface area contributed by atoms with Gasteiger partial charge in [0.1, 0.15) is 0 Å². The lowest BCUT2D eigenvalue weighted by molar-refractivity contribution is -0.140. The summed E-state index contributed by atoms with van der Waals surface area (Å²) in [7, 11) is 0. The smallest absolute Gasteiger partial charge is 0.310 e. The Balaban J connectivity index is 2.32. The molecule has 1 atom stereocenters. The predicted molar refractivity (Wildman–Crippen MR) is 78.2 cm³/mol. The van der Waals surface area contributed by atoms with E-state index in [4.69, 9.17) is 0 Å². The summed E-state index contributed by atoms with van der Waals surface area (Å²) in [5.41, 5.74) is 2.35. The van der Waals surface area contributed by atoms with Crippen LogP contribution in [0, 0.1) is 6.92 Å². The molecule has 5 heteroatoms. The normalized spacial score (nSPS) is 13.6. The molecule has 114 valence electrons. The summed E-state index contributed by atoms with van der Waals surface area (Å²) in [5.74, 6) is 0. The van der Waals surface area contributed by atoms with Gasteiger partial charge in [-0.1, -0.05) is 19.1 Å². The zero-order valence-electron chi connectivity index (χ0n) is 12.2. The van der Waals surface area contributed by atoms with E-state index in [9.17, 15) is 13.2 Å². The molecule has 1 unspecified atom stereocenters. The molecule has 2 nitrogen and oxygen atoms in total. The van der Waals surface area contributed by atoms with Crippen LogP contribution in [0.5, 0.6) is 0 Å². The summed E-state index contributed by atoms with van der Waals surface area (Å²) in [6, 6.07) is 8.36. The molecular weight excluding hydrogens is 277 g/mol. The van der Waals surface area contributed by atoms with Gasteiger partial charge in [0.2, 0.25) is 0 Å². The maximum Gasteiger partial charge on any atom is 0.390 e. The number of halogens is 3. The lowest BCUT2D eigenvalue weighted by atomic mass is 10.0. The van der Waals surface area contributed by atoms with Gasteiger partial charge in [-0.3, -0.25) is 4.98 Å². The van der Waals surface area contributed by atoms with Crippen LogP contribution in [-0.2, 0) is 0 Å². The lowest BCUT2D eigenvalue weighted by Gasteiger charge is -2.21. The van der Waals surface area contributed by atoms with Gasteiger partial charge in [-0.05, 0) is 43.7 Å². The third-order valence-electron chi connectivity index (χ3n) is 3.33. The highest BCUT2D eigenvalue weighted by molar-refractivity contribution is 5.79. The number of hydrogen-bond acceptors (Lipinski definition) is 2. The molecular formula is C16H19F3N2. The van der Waals surface area contributed by atoms with E-state index in [2.05, 4.69) is 10.3 Å². The number of fused-ring (bicyclic) bond motifs is 1. The molecule has 0 aliphatic carbocycles. The van der Waals surface area contributed by atoms with Gasteiger partial charge in [0, 0.05) is 17.1 Å². The largest absolute Gasteiger partial charge is 0.390 e. The molecule has 1 heterocycles. The second-order valence-corrected chi connectivity index (χ2v) is 5.23. The van der Waals surface area contributed by atoms with E-state index in [0.29, 0.717) is 12.1 Å².